The number of nitrogens with zero attached hydrogens (tertiary/aromatic N) is 2. The number of carbonyl (C=O) groups is 2. The number of hydrogen-bond donors (Lipinski definition) is 2. The molecule has 9 heteroatoms. The predicted octanol–water partition coefficient (Wildman–Crippen LogP) is 4.16. The Morgan fingerprint density at radius 3 is 2.81 bits per heavy atom. The van der Waals surface area contributed by atoms with Gasteiger partial charge >= 0.3 is 6.09 Å². The first kappa shape index (κ1) is 23.4. The largest absolute Gasteiger partial charge is 0.447 e. The van der Waals surface area contributed by atoms with Gasteiger partial charge in [-0.25, -0.2) is 14.2 Å². The smallest absolute Gasteiger partial charge is 0.412 e. The third-order valence-corrected chi connectivity index (χ3v) is 5.35. The number of halogens is 2. The monoisotopic (exact) mass is 459 g/mol. The molecule has 0 aliphatic heterocycles. The van der Waals surface area contributed by atoms with E-state index < -0.39 is 11.9 Å². The molecular formula is C23H23ClFN3O4. The number of pyridine rings is 1. The van der Waals surface area contributed by atoms with Crippen molar-refractivity contribution < 1.29 is 23.8 Å². The molecule has 32 heavy (non-hydrogen) atoms. The van der Waals surface area contributed by atoms with Crippen molar-refractivity contribution in [2.75, 3.05) is 25.5 Å². The van der Waals surface area contributed by atoms with Crippen LogP contribution in [0.1, 0.15) is 17.5 Å². The molecule has 3 rings (SSSR count). The molecule has 0 saturated heterocycles. The molecule has 0 unspecified atom stereocenters. The average Bonchev–Trinajstić information content (AvgIpc) is 2.79. The van der Waals surface area contributed by atoms with Crippen LogP contribution in [0.3, 0.4) is 0 Å². The van der Waals surface area contributed by atoms with Gasteiger partial charge in [0.1, 0.15) is 18.2 Å². The summed E-state index contributed by atoms with van der Waals surface area (Å²) in [5.41, 5.74) is 1.34. The Morgan fingerprint density at radius 2 is 2.03 bits per heavy atom. The number of aliphatic hydroxyl groups is 1. The van der Waals surface area contributed by atoms with Crippen LogP contribution in [-0.4, -0.2) is 47.2 Å². The Hall–Kier alpha value is -3.23. The second-order valence-corrected chi connectivity index (χ2v) is 7.58. The first-order valence-electron chi connectivity index (χ1n) is 9.97. The van der Waals surface area contributed by atoms with Crippen molar-refractivity contribution in [2.45, 2.75) is 19.4 Å². The molecule has 0 aliphatic carbocycles. The van der Waals surface area contributed by atoms with Gasteiger partial charge in [-0.2, -0.15) is 0 Å². The summed E-state index contributed by atoms with van der Waals surface area (Å²) in [5, 5.41) is 13.5. The van der Waals surface area contributed by atoms with E-state index in [0.717, 1.165) is 16.3 Å². The number of amides is 2. The topological polar surface area (TPSA) is 91.8 Å². The van der Waals surface area contributed by atoms with Gasteiger partial charge in [-0.1, -0.05) is 35.9 Å². The first-order valence-corrected chi connectivity index (χ1v) is 10.4. The molecule has 2 N–H and O–H groups in total. The molecule has 0 aliphatic rings. The molecule has 0 saturated carbocycles. The van der Waals surface area contributed by atoms with Crippen molar-refractivity contribution in [3.05, 3.63) is 70.6 Å². The number of ether oxygens (including phenoxy) is 1. The molecule has 2 aromatic carbocycles. The molecule has 2 amide bonds. The minimum absolute atomic E-state index is 0.00222. The number of carbonyl (C=O) groups excluding carboxylic acids is 2. The van der Waals surface area contributed by atoms with Crippen LogP contribution in [0.5, 0.6) is 0 Å². The van der Waals surface area contributed by atoms with E-state index in [9.17, 15) is 19.1 Å². The SMILES string of the molecule is CN(CCOC(=O)Nc1cc2ccc(CO)cc2cn1)C(=O)CCc1cccc(F)c1Cl. The van der Waals surface area contributed by atoms with E-state index >= 15 is 0 Å². The molecule has 3 aromatic rings. The second kappa shape index (κ2) is 10.9. The zero-order valence-corrected chi connectivity index (χ0v) is 18.2. The van der Waals surface area contributed by atoms with Crippen molar-refractivity contribution in [3.63, 3.8) is 0 Å². The maximum absolute atomic E-state index is 13.5. The normalized spacial score (nSPS) is 10.8. The number of nitrogens with one attached hydrogen (secondary N) is 1. The Morgan fingerprint density at radius 1 is 1.22 bits per heavy atom. The molecular weight excluding hydrogens is 437 g/mol. The van der Waals surface area contributed by atoms with Crippen LogP contribution in [-0.2, 0) is 22.6 Å². The molecule has 0 atom stereocenters. The van der Waals surface area contributed by atoms with Gasteiger partial charge in [-0.15, -0.1) is 0 Å². The highest BCUT2D eigenvalue weighted by atomic mass is 35.5. The van der Waals surface area contributed by atoms with Gasteiger partial charge < -0.3 is 14.7 Å². The predicted molar refractivity (Wildman–Crippen MR) is 120 cm³/mol. The fourth-order valence-electron chi connectivity index (χ4n) is 3.07. The number of anilines is 1. The minimum atomic E-state index is -0.684. The number of likely N-dealkylation sites (N-methyl/N-ethyl adjacent to an activating group) is 1. The maximum atomic E-state index is 13.5. The van der Waals surface area contributed by atoms with Gasteiger partial charge in [0.15, 0.2) is 0 Å². The summed E-state index contributed by atoms with van der Waals surface area (Å²) in [6.45, 7) is 0.151. The van der Waals surface area contributed by atoms with Gasteiger partial charge in [-0.05, 0) is 41.1 Å². The summed E-state index contributed by atoms with van der Waals surface area (Å²) < 4.78 is 18.6. The van der Waals surface area contributed by atoms with Crippen molar-refractivity contribution in [2.24, 2.45) is 0 Å². The molecule has 0 fully saturated rings. The Bertz CT molecular complexity index is 1130. The summed E-state index contributed by atoms with van der Waals surface area (Å²) in [5.74, 6) is -0.358. The highest BCUT2D eigenvalue weighted by molar-refractivity contribution is 6.31. The molecule has 0 bridgehead atoms. The van der Waals surface area contributed by atoms with Gasteiger partial charge in [0, 0.05) is 25.1 Å². The van der Waals surface area contributed by atoms with Crippen LogP contribution in [0.2, 0.25) is 5.02 Å². The minimum Gasteiger partial charge on any atom is -0.447 e. The van der Waals surface area contributed by atoms with Crippen molar-refractivity contribution in [1.82, 2.24) is 9.88 Å². The van der Waals surface area contributed by atoms with Crippen molar-refractivity contribution in [3.8, 4) is 0 Å². The molecule has 0 radical (unpaired) electrons. The van der Waals surface area contributed by atoms with Crippen molar-refractivity contribution >= 4 is 40.2 Å². The Balaban J connectivity index is 1.43. The summed E-state index contributed by atoms with van der Waals surface area (Å²) >= 11 is 5.91. The third kappa shape index (κ3) is 6.15. The van der Waals surface area contributed by atoms with E-state index in [2.05, 4.69) is 10.3 Å². The van der Waals surface area contributed by atoms with Crippen LogP contribution in [0.15, 0.2) is 48.7 Å². The lowest BCUT2D eigenvalue weighted by atomic mass is 10.1. The summed E-state index contributed by atoms with van der Waals surface area (Å²) in [4.78, 5) is 29.9. The quantitative estimate of drug-likeness (QED) is 0.527. The molecule has 7 nitrogen and oxygen atoms in total. The van der Waals surface area contributed by atoms with Gasteiger partial charge in [0.2, 0.25) is 5.91 Å². The summed E-state index contributed by atoms with van der Waals surface area (Å²) in [6, 6.07) is 11.6. The fourth-order valence-corrected chi connectivity index (χ4v) is 3.29. The third-order valence-electron chi connectivity index (χ3n) is 4.92. The fraction of sp³-hybridized carbons (Fsp3) is 0.261. The van der Waals surface area contributed by atoms with E-state index in [-0.39, 0.29) is 37.1 Å². The summed E-state index contributed by atoms with van der Waals surface area (Å²) in [7, 11) is 1.60. The van der Waals surface area contributed by atoms with Gasteiger partial charge in [0.25, 0.3) is 0 Å². The number of benzene rings is 2. The molecule has 168 valence electrons. The second-order valence-electron chi connectivity index (χ2n) is 7.20. The highest BCUT2D eigenvalue weighted by Gasteiger charge is 2.13. The van der Waals surface area contributed by atoms with E-state index in [0.29, 0.717) is 17.8 Å². The maximum Gasteiger partial charge on any atom is 0.412 e. The van der Waals surface area contributed by atoms with Crippen LogP contribution in [0.4, 0.5) is 15.0 Å². The summed E-state index contributed by atoms with van der Waals surface area (Å²) in [6.07, 6.45) is 1.39. The average molecular weight is 460 g/mol. The highest BCUT2D eigenvalue weighted by Crippen LogP contribution is 2.21. The van der Waals surface area contributed by atoms with Gasteiger partial charge in [0.05, 0.1) is 18.2 Å². The molecule has 1 heterocycles. The van der Waals surface area contributed by atoms with E-state index in [1.807, 2.05) is 12.1 Å². The van der Waals surface area contributed by atoms with Crippen LogP contribution in [0.25, 0.3) is 10.8 Å². The van der Waals surface area contributed by atoms with E-state index in [1.54, 1.807) is 37.5 Å². The number of rotatable bonds is 8. The number of aliphatic hydroxyl groups excluding tert-OH is 1. The van der Waals surface area contributed by atoms with Crippen LogP contribution < -0.4 is 5.32 Å². The molecule has 0 spiro atoms. The van der Waals surface area contributed by atoms with E-state index in [1.165, 1.54) is 11.0 Å². The number of aromatic nitrogens is 1. The zero-order valence-electron chi connectivity index (χ0n) is 17.5. The van der Waals surface area contributed by atoms with E-state index in [4.69, 9.17) is 16.3 Å². The first-order chi connectivity index (χ1) is 15.4. The lowest BCUT2D eigenvalue weighted by molar-refractivity contribution is -0.130. The van der Waals surface area contributed by atoms with Crippen molar-refractivity contribution in [1.29, 1.82) is 0 Å². The van der Waals surface area contributed by atoms with Crippen LogP contribution >= 0.6 is 11.6 Å². The lowest BCUT2D eigenvalue weighted by Gasteiger charge is -2.17. The molecule has 1 aromatic heterocycles. The number of aryl methyl sites for hydroxylation is 1. The van der Waals surface area contributed by atoms with Gasteiger partial charge in [-0.3, -0.25) is 10.1 Å². The Kier molecular flexibility index (Phi) is 7.97. The number of fused-ring (bicyclic) bond motifs is 1. The lowest BCUT2D eigenvalue weighted by Crippen LogP contribution is -2.31. The Labute approximate surface area is 189 Å². The standard InChI is InChI=1S/C23H23ClFN3O4/c1-28(21(30)8-7-16-3-2-4-19(25)22(16)24)9-10-32-23(31)27-20-12-17-6-5-15(14-29)11-18(17)13-26-20/h2-6,11-13,29H,7-10,14H2,1H3,(H,26,27,31). The van der Waals surface area contributed by atoms with Crippen LogP contribution in [0, 0.1) is 5.82 Å². The number of hydrogen-bond acceptors (Lipinski definition) is 5. The zero-order chi connectivity index (χ0) is 23.1.